The predicted molar refractivity (Wildman–Crippen MR) is 637 cm³/mol. The van der Waals surface area contributed by atoms with Gasteiger partial charge in [-0.2, -0.15) is 0 Å². The summed E-state index contributed by atoms with van der Waals surface area (Å²) in [4.78, 5) is 32.7. The Morgan fingerprint density at radius 1 is 0.273 bits per heavy atom. The van der Waals surface area contributed by atoms with E-state index in [-0.39, 0.29) is 31.0 Å². The molecule has 712 valence electrons. The number of furan rings is 2. The minimum atomic E-state index is -0.126. The Kier molecular flexibility index (Phi) is 20.4. The van der Waals surface area contributed by atoms with Crippen molar-refractivity contribution in [1.82, 2.24) is 15.0 Å². The summed E-state index contributed by atoms with van der Waals surface area (Å²) in [6.07, 6.45) is 6.02. The van der Waals surface area contributed by atoms with E-state index in [0.29, 0.717) is 0 Å². The molecule has 0 atom stereocenters. The van der Waals surface area contributed by atoms with Crippen LogP contribution in [0.1, 0.15) is 63.8 Å². The van der Waals surface area contributed by atoms with Gasteiger partial charge in [0.15, 0.2) is 5.58 Å². The summed E-state index contributed by atoms with van der Waals surface area (Å²) >= 11 is 3.78. The van der Waals surface area contributed by atoms with E-state index in [2.05, 4.69) is 508 Å². The van der Waals surface area contributed by atoms with E-state index in [1.54, 1.807) is 0 Å². The summed E-state index contributed by atoms with van der Waals surface area (Å²) in [5.41, 5.74) is 40.2. The number of nitrogens with zero attached hydrogens (tertiary/aromatic N) is 10. The number of benzene rings is 18. The fraction of sp³-hybridized carbons (Fsp3) is 0.0752. The van der Waals surface area contributed by atoms with Gasteiger partial charge in [-0.05, 0) is 255 Å². The second-order valence-corrected chi connectivity index (χ2v) is 44.3. The number of hydrogen-bond donors (Lipinski definition) is 0. The average Bonchev–Trinajstić information content (AvgIpc) is 1.34. The third-order valence-electron chi connectivity index (χ3n) is 31.3. The van der Waals surface area contributed by atoms with Crippen LogP contribution in [0, 0.1) is 13.8 Å². The molecule has 12 nitrogen and oxygen atoms in total. The van der Waals surface area contributed by atoms with Gasteiger partial charge in [0.25, 0.3) is 20.1 Å². The van der Waals surface area contributed by atoms with Crippen LogP contribution in [-0.4, -0.2) is 35.1 Å². The molecule has 13 heterocycles. The van der Waals surface area contributed by atoms with Crippen molar-refractivity contribution in [2.75, 3.05) is 34.3 Å². The lowest BCUT2D eigenvalue weighted by molar-refractivity contribution is 0.590. The fourth-order valence-electron chi connectivity index (χ4n) is 24.3. The summed E-state index contributed by atoms with van der Waals surface area (Å²) in [5, 5.41) is 9.69. The maximum Gasteiger partial charge on any atom is 0.254 e. The number of hydrogen-bond acceptors (Lipinski definition) is 14. The molecular weight excluding hydrogens is 1870 g/mol. The smallest absolute Gasteiger partial charge is 0.254 e. The highest BCUT2D eigenvalue weighted by atomic mass is 32.1. The molecule has 6 aliphatic rings. The molecule has 17 heteroatoms. The molecular formula is C133H97B3N10O2S2. The van der Waals surface area contributed by atoms with E-state index in [9.17, 15) is 0 Å². The van der Waals surface area contributed by atoms with E-state index in [1.807, 2.05) is 47.2 Å². The monoisotopic (exact) mass is 1960 g/mol. The molecule has 31 rings (SSSR count). The van der Waals surface area contributed by atoms with Gasteiger partial charge in [-0.15, -0.1) is 22.7 Å². The van der Waals surface area contributed by atoms with Crippen LogP contribution < -0.4 is 83.5 Å². The van der Waals surface area contributed by atoms with Gasteiger partial charge in [-0.1, -0.05) is 307 Å². The zero-order valence-corrected chi connectivity index (χ0v) is 85.6. The Hall–Kier alpha value is -17.8. The first-order valence-electron chi connectivity index (χ1n) is 51.7. The molecule has 18 aromatic carbocycles. The molecule has 0 fully saturated rings. The van der Waals surface area contributed by atoms with Gasteiger partial charge in [0.05, 0.1) is 50.2 Å². The van der Waals surface area contributed by atoms with Gasteiger partial charge in [-0.25, -0.2) is 9.97 Å². The maximum absolute atomic E-state index is 6.77. The molecule has 0 aliphatic carbocycles. The summed E-state index contributed by atoms with van der Waals surface area (Å²) in [7, 11) is 0. The molecule has 0 N–H and O–H groups in total. The zero-order chi connectivity index (χ0) is 100. The second-order valence-electron chi connectivity index (χ2n) is 42.2. The number of fused-ring (bicyclic) bond motifs is 27. The summed E-state index contributed by atoms with van der Waals surface area (Å²) < 4.78 is 18.5. The van der Waals surface area contributed by atoms with Crippen molar-refractivity contribution in [2.24, 2.45) is 0 Å². The van der Waals surface area contributed by atoms with Crippen molar-refractivity contribution in [3.05, 3.63) is 465 Å². The molecule has 0 amide bonds. The zero-order valence-electron chi connectivity index (χ0n) is 84.0. The van der Waals surface area contributed by atoms with Gasteiger partial charge in [0.2, 0.25) is 0 Å². The van der Waals surface area contributed by atoms with Crippen LogP contribution in [0.2, 0.25) is 0 Å². The number of rotatable bonds is 9. The Morgan fingerprint density at radius 2 is 0.647 bits per heavy atom. The summed E-state index contributed by atoms with van der Waals surface area (Å²) in [6, 6.07) is 154. The van der Waals surface area contributed by atoms with Crippen LogP contribution in [-0.2, 0) is 10.8 Å². The van der Waals surface area contributed by atoms with Crippen LogP contribution >= 0.6 is 22.7 Å². The van der Waals surface area contributed by atoms with Gasteiger partial charge < -0.3 is 28.4 Å². The van der Waals surface area contributed by atoms with Crippen molar-refractivity contribution in [3.8, 4) is 0 Å². The van der Waals surface area contributed by atoms with Crippen molar-refractivity contribution in [1.29, 1.82) is 0 Å². The Labute approximate surface area is 879 Å². The second kappa shape index (κ2) is 34.4. The first-order valence-corrected chi connectivity index (χ1v) is 53.3. The molecule has 0 saturated heterocycles. The number of thiophene rings is 2. The number of para-hydroxylation sites is 8. The van der Waals surface area contributed by atoms with E-state index in [4.69, 9.17) is 23.8 Å². The lowest BCUT2D eigenvalue weighted by Crippen LogP contribution is -2.61. The standard InChI is InChI=1S/C53H43BN4S.C41H24BN3OS.C39H30BN3O/c1-34-20-24-39(25-21-34)56(40-26-22-35(2)23-27-40)48-31-30-44-52(55-48)58(38-16-10-7-11-17-38)46-33-36(53(3,4)5)32-45-49(46)54(44)43-29-28-42-41-18-12-13-19-47(41)59-51(42)50(43)57(45)37-14-8-6-9-15-37;1-3-11-25(12-4-1)44-33-21-30-27-15-7-9-17-36(27)46-37(30)22-32(33)42-31-20-19-29-28-16-8-10-18-38(28)47-41(29)40(31)45(26-13-5-2-6-14-26)35-24-43-23-34(44)39(35)42;1-39(2,3)25-23-32-35-33(24-25)43(27-15-8-5-9-16-27)38-31(18-12-22-41-38)40(35)30-21-20-29-28-17-10-11-19-34(28)44-37(29)36(30)42(32)26-13-6-4-7-14-26/h6-33H,1-5H3;1-24H;4-24H,1-3H3. The molecule has 0 bridgehead atoms. The number of pyridine rings is 3. The minimum absolute atomic E-state index is 0.00902. The highest BCUT2D eigenvalue weighted by Gasteiger charge is 2.51. The van der Waals surface area contributed by atoms with Crippen LogP contribution in [0.3, 0.4) is 0 Å². The highest BCUT2D eigenvalue weighted by molar-refractivity contribution is 7.27. The lowest BCUT2D eigenvalue weighted by atomic mass is 9.33. The lowest BCUT2D eigenvalue weighted by Gasteiger charge is -2.44. The largest absolute Gasteiger partial charge is 0.456 e. The Morgan fingerprint density at radius 3 is 1.14 bits per heavy atom. The van der Waals surface area contributed by atoms with Crippen molar-refractivity contribution in [3.63, 3.8) is 0 Å². The summed E-state index contributed by atoms with van der Waals surface area (Å²) in [6.45, 7) is 18.1. The van der Waals surface area contributed by atoms with E-state index < -0.39 is 0 Å². The SMILES string of the molecule is CC(C)(C)c1cc2c3c(c1)N(c1ccccc1)c1c(ccc4c1oc1ccccc14)B3c1cccnc1N2c1ccccc1.Cc1ccc(N(c2ccc(C)cc2)c2ccc3c(n2)N(c2ccccc2)c2cc(C(C)(C)C)cc4c2B3c2ccc3c(sc5ccccc53)c2N4c2ccccc2)cc1.c1ccc(N2c3cc4c(cc3B3c5ccc6c(sc7ccccc76)c5N(c5ccccc5)c5cncc2c53)oc2ccccc24)cc1. The maximum atomic E-state index is 6.77. The summed E-state index contributed by atoms with van der Waals surface area (Å²) in [5.74, 6) is 2.79. The van der Waals surface area contributed by atoms with Gasteiger partial charge >= 0.3 is 0 Å². The minimum Gasteiger partial charge on any atom is -0.456 e. The average molecular weight is 1960 g/mol. The molecule has 0 unspecified atom stereocenters. The van der Waals surface area contributed by atoms with Gasteiger partial charge in [0.1, 0.15) is 34.2 Å². The van der Waals surface area contributed by atoms with E-state index in [1.165, 1.54) is 146 Å². The van der Waals surface area contributed by atoms with Crippen molar-refractivity contribution in [2.45, 2.75) is 66.2 Å². The quantitative estimate of drug-likeness (QED) is 0.129. The predicted octanol–water partition coefficient (Wildman–Crippen LogP) is 30.7. The fourth-order valence-corrected chi connectivity index (χ4v) is 26.8. The first-order chi connectivity index (χ1) is 73.5. The molecule has 7 aromatic heterocycles. The van der Waals surface area contributed by atoms with Crippen LogP contribution in [0.5, 0.6) is 0 Å². The van der Waals surface area contributed by atoms with Crippen LogP contribution in [0.15, 0.2) is 452 Å². The molecule has 150 heavy (non-hydrogen) atoms. The molecule has 0 spiro atoms. The molecule has 0 saturated carbocycles. The normalized spacial score (nSPS) is 13.3. The van der Waals surface area contributed by atoms with Crippen molar-refractivity contribution >= 4 is 296 Å². The topological polar surface area (TPSA) is 87.6 Å². The number of aromatic nitrogens is 3. The third-order valence-corrected chi connectivity index (χ3v) is 33.6. The number of anilines is 21. The van der Waals surface area contributed by atoms with Crippen molar-refractivity contribution < 1.29 is 8.83 Å². The van der Waals surface area contributed by atoms with Crippen LogP contribution in [0.25, 0.3) is 84.2 Å². The Bertz CT molecular complexity index is 9720. The molecule has 6 aliphatic heterocycles. The third kappa shape index (κ3) is 13.9. The highest BCUT2D eigenvalue weighted by Crippen LogP contribution is 2.56. The Balaban J connectivity index is 0.000000107. The van der Waals surface area contributed by atoms with E-state index in [0.717, 1.165) is 130 Å². The van der Waals surface area contributed by atoms with Gasteiger partial charge in [-0.3, -0.25) is 19.7 Å². The first kappa shape index (κ1) is 88.7. The number of aryl methyl sites for hydroxylation is 2. The van der Waals surface area contributed by atoms with Gasteiger partial charge in [0, 0.05) is 133 Å². The van der Waals surface area contributed by atoms with E-state index >= 15 is 0 Å². The molecule has 25 aromatic rings. The molecule has 0 radical (unpaired) electrons. The van der Waals surface area contributed by atoms with Crippen LogP contribution in [0.4, 0.5) is 120 Å².